The van der Waals surface area contributed by atoms with Crippen LogP contribution in [-0.4, -0.2) is 9.97 Å². The van der Waals surface area contributed by atoms with Crippen LogP contribution in [0.1, 0.15) is 11.1 Å². The maximum Gasteiger partial charge on any atom is 0.229 e. The molecule has 2 aromatic carbocycles. The third kappa shape index (κ3) is 4.07. The van der Waals surface area contributed by atoms with Crippen LogP contribution in [0.5, 0.6) is 0 Å². The van der Waals surface area contributed by atoms with Gasteiger partial charge in [0, 0.05) is 22.0 Å². The number of aryl methyl sites for hydroxylation is 2. The first-order valence-corrected chi connectivity index (χ1v) is 8.09. The van der Waals surface area contributed by atoms with Crippen molar-refractivity contribution in [3.05, 3.63) is 70.3 Å². The lowest BCUT2D eigenvalue weighted by molar-refractivity contribution is 1.16. The Morgan fingerprint density at radius 3 is 2.30 bits per heavy atom. The zero-order chi connectivity index (χ0) is 16.2. The number of nitrogens with one attached hydrogen (secondary N) is 2. The van der Waals surface area contributed by atoms with E-state index in [4.69, 9.17) is 0 Å². The Bertz CT molecular complexity index is 816. The molecule has 0 saturated carbocycles. The molecule has 0 radical (unpaired) electrons. The highest BCUT2D eigenvalue weighted by Crippen LogP contribution is 2.20. The Morgan fingerprint density at radius 1 is 0.826 bits per heavy atom. The summed E-state index contributed by atoms with van der Waals surface area (Å²) < 4.78 is 1.04. The number of rotatable bonds is 4. The van der Waals surface area contributed by atoms with Crippen molar-refractivity contribution in [3.63, 3.8) is 0 Å². The molecule has 2 N–H and O–H groups in total. The molecule has 0 unspecified atom stereocenters. The summed E-state index contributed by atoms with van der Waals surface area (Å²) in [5, 5.41) is 6.50. The number of benzene rings is 2. The second kappa shape index (κ2) is 6.79. The van der Waals surface area contributed by atoms with E-state index in [0.29, 0.717) is 5.95 Å². The Balaban J connectivity index is 1.76. The lowest BCUT2D eigenvalue weighted by atomic mass is 10.1. The highest BCUT2D eigenvalue weighted by atomic mass is 79.9. The number of halogens is 1. The van der Waals surface area contributed by atoms with Crippen LogP contribution in [0.3, 0.4) is 0 Å². The van der Waals surface area contributed by atoms with Gasteiger partial charge < -0.3 is 10.6 Å². The topological polar surface area (TPSA) is 49.8 Å². The summed E-state index contributed by atoms with van der Waals surface area (Å²) in [6.07, 6.45) is 1.73. The fourth-order valence-corrected chi connectivity index (χ4v) is 2.38. The van der Waals surface area contributed by atoms with E-state index in [9.17, 15) is 0 Å². The van der Waals surface area contributed by atoms with Crippen molar-refractivity contribution in [3.8, 4) is 0 Å². The predicted octanol–water partition coefficient (Wildman–Crippen LogP) is 5.34. The van der Waals surface area contributed by atoms with E-state index in [1.54, 1.807) is 6.20 Å². The van der Waals surface area contributed by atoms with Gasteiger partial charge >= 0.3 is 0 Å². The van der Waals surface area contributed by atoms with Gasteiger partial charge in [0.1, 0.15) is 5.82 Å². The number of hydrogen-bond donors (Lipinski definition) is 2. The number of hydrogen-bond acceptors (Lipinski definition) is 4. The van der Waals surface area contributed by atoms with Crippen molar-refractivity contribution in [2.45, 2.75) is 13.8 Å². The number of nitrogens with zero attached hydrogens (tertiary/aromatic N) is 2. The van der Waals surface area contributed by atoms with E-state index in [-0.39, 0.29) is 0 Å². The molecule has 0 aliphatic carbocycles. The van der Waals surface area contributed by atoms with Crippen LogP contribution in [0, 0.1) is 13.8 Å². The average Bonchev–Trinajstić information content (AvgIpc) is 2.54. The largest absolute Gasteiger partial charge is 0.340 e. The Morgan fingerprint density at radius 2 is 1.57 bits per heavy atom. The standard InChI is InChI=1S/C18H17BrN4/c1-12-3-6-16(11-13(12)2)22-18-20-10-9-17(23-18)21-15-7-4-14(19)5-8-15/h3-11H,1-2H3,(H2,20,21,22,23). The Hall–Kier alpha value is -2.40. The summed E-state index contributed by atoms with van der Waals surface area (Å²) in [6.45, 7) is 4.19. The summed E-state index contributed by atoms with van der Waals surface area (Å²) in [7, 11) is 0. The smallest absolute Gasteiger partial charge is 0.229 e. The van der Waals surface area contributed by atoms with Gasteiger partial charge in [-0.25, -0.2) is 4.98 Å². The van der Waals surface area contributed by atoms with E-state index in [1.807, 2.05) is 36.4 Å². The molecule has 4 nitrogen and oxygen atoms in total. The third-order valence-electron chi connectivity index (χ3n) is 3.54. The lowest BCUT2D eigenvalue weighted by Gasteiger charge is -2.09. The molecular formula is C18H17BrN4. The summed E-state index contributed by atoms with van der Waals surface area (Å²) in [5.41, 5.74) is 4.46. The van der Waals surface area contributed by atoms with Gasteiger partial charge in [-0.3, -0.25) is 0 Å². The van der Waals surface area contributed by atoms with E-state index in [2.05, 4.69) is 62.5 Å². The predicted molar refractivity (Wildman–Crippen MR) is 98.7 cm³/mol. The van der Waals surface area contributed by atoms with Gasteiger partial charge in [-0.1, -0.05) is 22.0 Å². The molecule has 3 aromatic rings. The van der Waals surface area contributed by atoms with Crippen LogP contribution < -0.4 is 10.6 Å². The van der Waals surface area contributed by atoms with E-state index in [1.165, 1.54) is 11.1 Å². The second-order valence-corrected chi connectivity index (χ2v) is 6.24. The van der Waals surface area contributed by atoms with Gasteiger partial charge in [0.25, 0.3) is 0 Å². The van der Waals surface area contributed by atoms with E-state index < -0.39 is 0 Å². The van der Waals surface area contributed by atoms with E-state index in [0.717, 1.165) is 21.7 Å². The molecular weight excluding hydrogens is 352 g/mol. The maximum atomic E-state index is 4.49. The Kier molecular flexibility index (Phi) is 4.57. The fraction of sp³-hybridized carbons (Fsp3) is 0.111. The van der Waals surface area contributed by atoms with Crippen LogP contribution in [0.2, 0.25) is 0 Å². The molecule has 3 rings (SSSR count). The minimum Gasteiger partial charge on any atom is -0.340 e. The Labute approximate surface area is 144 Å². The molecule has 0 aliphatic rings. The van der Waals surface area contributed by atoms with Crippen LogP contribution in [0.4, 0.5) is 23.1 Å². The molecule has 0 fully saturated rings. The van der Waals surface area contributed by atoms with Gasteiger partial charge in [0.15, 0.2) is 0 Å². The van der Waals surface area contributed by atoms with Crippen molar-refractivity contribution in [2.24, 2.45) is 0 Å². The van der Waals surface area contributed by atoms with Gasteiger partial charge in [0.05, 0.1) is 0 Å². The molecule has 1 heterocycles. The number of aromatic nitrogens is 2. The van der Waals surface area contributed by atoms with E-state index >= 15 is 0 Å². The van der Waals surface area contributed by atoms with Crippen LogP contribution in [0.15, 0.2) is 59.2 Å². The van der Waals surface area contributed by atoms with Gasteiger partial charge in [-0.15, -0.1) is 0 Å². The normalized spacial score (nSPS) is 10.4. The van der Waals surface area contributed by atoms with Crippen LogP contribution in [0.25, 0.3) is 0 Å². The first-order chi connectivity index (χ1) is 11.1. The molecule has 0 amide bonds. The SMILES string of the molecule is Cc1ccc(Nc2nccc(Nc3ccc(Br)cc3)n2)cc1C. The quantitative estimate of drug-likeness (QED) is 0.652. The minimum atomic E-state index is 0.565. The van der Waals surface area contributed by atoms with Crippen LogP contribution in [-0.2, 0) is 0 Å². The van der Waals surface area contributed by atoms with Gasteiger partial charge in [-0.05, 0) is 67.4 Å². The lowest BCUT2D eigenvalue weighted by Crippen LogP contribution is -2.00. The molecule has 0 aliphatic heterocycles. The zero-order valence-corrected chi connectivity index (χ0v) is 14.6. The fourth-order valence-electron chi connectivity index (χ4n) is 2.12. The molecule has 5 heteroatoms. The monoisotopic (exact) mass is 368 g/mol. The van der Waals surface area contributed by atoms with Crippen molar-refractivity contribution < 1.29 is 0 Å². The molecule has 0 bridgehead atoms. The van der Waals surface area contributed by atoms with Crippen molar-refractivity contribution in [2.75, 3.05) is 10.6 Å². The zero-order valence-electron chi connectivity index (χ0n) is 13.0. The van der Waals surface area contributed by atoms with Crippen molar-refractivity contribution >= 4 is 39.1 Å². The number of anilines is 4. The molecule has 0 spiro atoms. The van der Waals surface area contributed by atoms with Crippen molar-refractivity contribution in [1.29, 1.82) is 0 Å². The molecule has 0 atom stereocenters. The highest BCUT2D eigenvalue weighted by molar-refractivity contribution is 9.10. The second-order valence-electron chi connectivity index (χ2n) is 5.32. The molecule has 116 valence electrons. The van der Waals surface area contributed by atoms with Crippen LogP contribution >= 0.6 is 15.9 Å². The summed E-state index contributed by atoms with van der Waals surface area (Å²) in [4.78, 5) is 8.77. The maximum absolute atomic E-state index is 4.49. The molecule has 1 aromatic heterocycles. The molecule has 23 heavy (non-hydrogen) atoms. The summed E-state index contributed by atoms with van der Waals surface area (Å²) >= 11 is 3.43. The molecule has 0 saturated heterocycles. The van der Waals surface area contributed by atoms with Gasteiger partial charge in [0.2, 0.25) is 5.95 Å². The third-order valence-corrected chi connectivity index (χ3v) is 4.06. The first kappa shape index (κ1) is 15.5. The first-order valence-electron chi connectivity index (χ1n) is 7.30. The van der Waals surface area contributed by atoms with Crippen molar-refractivity contribution in [1.82, 2.24) is 9.97 Å². The average molecular weight is 369 g/mol. The highest BCUT2D eigenvalue weighted by Gasteiger charge is 2.02. The van der Waals surface area contributed by atoms with Gasteiger partial charge in [-0.2, -0.15) is 4.98 Å². The summed E-state index contributed by atoms with van der Waals surface area (Å²) in [6, 6.07) is 16.0. The summed E-state index contributed by atoms with van der Waals surface area (Å²) in [5.74, 6) is 1.31. The minimum absolute atomic E-state index is 0.565.